The maximum atomic E-state index is 12.2. The summed E-state index contributed by atoms with van der Waals surface area (Å²) in [6.07, 6.45) is 0. The van der Waals surface area contributed by atoms with Crippen LogP contribution in [-0.2, 0) is 6.54 Å². The third-order valence-electron chi connectivity index (χ3n) is 4.66. The second-order valence-corrected chi connectivity index (χ2v) is 7.58. The van der Waals surface area contributed by atoms with Crippen molar-refractivity contribution in [3.63, 3.8) is 0 Å². The van der Waals surface area contributed by atoms with Crippen LogP contribution in [0.3, 0.4) is 0 Å². The van der Waals surface area contributed by atoms with Crippen LogP contribution in [0.15, 0.2) is 42.5 Å². The molecule has 2 aromatic carbocycles. The highest BCUT2D eigenvalue weighted by Gasteiger charge is 2.22. The van der Waals surface area contributed by atoms with Gasteiger partial charge >= 0.3 is 6.03 Å². The van der Waals surface area contributed by atoms with Crippen LogP contribution in [-0.4, -0.2) is 62.6 Å². The van der Waals surface area contributed by atoms with Crippen molar-refractivity contribution in [2.45, 2.75) is 6.54 Å². The Morgan fingerprint density at radius 2 is 1.87 bits per heavy atom. The van der Waals surface area contributed by atoms with E-state index >= 15 is 0 Å². The molecule has 1 aromatic heterocycles. The van der Waals surface area contributed by atoms with Crippen LogP contribution in [0.2, 0.25) is 10.0 Å². The fourth-order valence-corrected chi connectivity index (χ4v) is 3.43. The molecule has 4 rings (SSSR count). The Hall–Kier alpha value is -2.88. The molecule has 0 unspecified atom stereocenters. The summed E-state index contributed by atoms with van der Waals surface area (Å²) < 4.78 is 5.90. The average molecular weight is 448 g/mol. The van der Waals surface area contributed by atoms with Crippen molar-refractivity contribution >= 4 is 35.2 Å². The van der Waals surface area contributed by atoms with Gasteiger partial charge in [-0.1, -0.05) is 40.4 Å². The number of ether oxygens (including phenoxy) is 1. The maximum Gasteiger partial charge on any atom is 0.324 e. The highest BCUT2D eigenvalue weighted by molar-refractivity contribution is 6.42. The number of aromatic amines is 1. The molecule has 1 aliphatic rings. The van der Waals surface area contributed by atoms with Crippen LogP contribution in [0, 0.1) is 0 Å². The van der Waals surface area contributed by atoms with Crippen LogP contribution < -0.4 is 10.1 Å². The fourth-order valence-electron chi connectivity index (χ4n) is 3.14. The molecule has 1 saturated heterocycles. The Labute approximate surface area is 182 Å². The molecule has 11 heteroatoms. The smallest absolute Gasteiger partial charge is 0.324 e. The zero-order valence-corrected chi connectivity index (χ0v) is 17.4. The number of H-pyrrole nitrogens is 1. The van der Waals surface area contributed by atoms with E-state index in [0.717, 1.165) is 30.9 Å². The zero-order valence-electron chi connectivity index (χ0n) is 15.9. The zero-order chi connectivity index (χ0) is 20.9. The lowest BCUT2D eigenvalue weighted by molar-refractivity contribution is 0.143. The van der Waals surface area contributed by atoms with Gasteiger partial charge in [0, 0.05) is 38.8 Å². The van der Waals surface area contributed by atoms with Crippen molar-refractivity contribution in [3.8, 4) is 11.5 Å². The number of urea groups is 1. The maximum absolute atomic E-state index is 12.2. The van der Waals surface area contributed by atoms with E-state index in [2.05, 4.69) is 36.9 Å². The topological polar surface area (TPSA) is 99.3 Å². The number of hydrogen-bond acceptors (Lipinski definition) is 6. The number of carbonyl (C=O) groups excluding carboxylic acids is 1. The van der Waals surface area contributed by atoms with Gasteiger partial charge in [-0.05, 0) is 40.3 Å². The molecule has 2 amide bonds. The monoisotopic (exact) mass is 447 g/mol. The van der Waals surface area contributed by atoms with E-state index < -0.39 is 0 Å². The summed E-state index contributed by atoms with van der Waals surface area (Å²) in [5.41, 5.74) is 1.12. The van der Waals surface area contributed by atoms with Gasteiger partial charge in [0.05, 0.1) is 10.0 Å². The Balaban J connectivity index is 1.30. The lowest BCUT2D eigenvalue weighted by Crippen LogP contribution is -2.49. The van der Waals surface area contributed by atoms with Gasteiger partial charge in [-0.2, -0.15) is 0 Å². The van der Waals surface area contributed by atoms with E-state index in [0.29, 0.717) is 28.9 Å². The third kappa shape index (κ3) is 5.18. The lowest BCUT2D eigenvalue weighted by atomic mass is 10.2. The van der Waals surface area contributed by atoms with E-state index in [1.165, 1.54) is 0 Å². The second kappa shape index (κ2) is 9.29. The first kappa shape index (κ1) is 20.4. The average Bonchev–Trinajstić information content (AvgIpc) is 3.25. The third-order valence-corrected chi connectivity index (χ3v) is 5.40. The highest BCUT2D eigenvalue weighted by Crippen LogP contribution is 2.29. The molecule has 0 bridgehead atoms. The van der Waals surface area contributed by atoms with Crippen LogP contribution in [0.4, 0.5) is 10.7 Å². The van der Waals surface area contributed by atoms with E-state index in [-0.39, 0.29) is 12.0 Å². The SMILES string of the molecule is O=C(Nc1nnn[nH]1)N1CCN(Cc2cccc(Oc3ccc(Cl)c(Cl)c3)c2)CC1. The predicted octanol–water partition coefficient (Wildman–Crippen LogP) is 3.65. The molecule has 156 valence electrons. The van der Waals surface area contributed by atoms with Gasteiger partial charge in [-0.25, -0.2) is 9.89 Å². The molecule has 1 aliphatic heterocycles. The Bertz CT molecular complexity index is 1010. The number of benzene rings is 2. The number of hydrogen-bond donors (Lipinski definition) is 2. The summed E-state index contributed by atoms with van der Waals surface area (Å²) in [6, 6.07) is 12.9. The molecule has 0 atom stereocenters. The van der Waals surface area contributed by atoms with Crippen molar-refractivity contribution in [2.75, 3.05) is 31.5 Å². The molecule has 0 spiro atoms. The molecule has 2 heterocycles. The van der Waals surface area contributed by atoms with Crippen molar-refractivity contribution < 1.29 is 9.53 Å². The largest absolute Gasteiger partial charge is 0.457 e. The highest BCUT2D eigenvalue weighted by atomic mass is 35.5. The number of amides is 2. The first-order chi connectivity index (χ1) is 14.6. The number of tetrazole rings is 1. The van der Waals surface area contributed by atoms with E-state index in [1.54, 1.807) is 23.1 Å². The number of nitrogens with zero attached hydrogens (tertiary/aromatic N) is 5. The summed E-state index contributed by atoms with van der Waals surface area (Å²) in [6.45, 7) is 3.53. The second-order valence-electron chi connectivity index (χ2n) is 6.77. The summed E-state index contributed by atoms with van der Waals surface area (Å²) in [7, 11) is 0. The number of halogens is 2. The minimum Gasteiger partial charge on any atom is -0.457 e. The molecule has 0 aliphatic carbocycles. The number of piperazine rings is 1. The van der Waals surface area contributed by atoms with Gasteiger partial charge in [0.15, 0.2) is 0 Å². The number of anilines is 1. The summed E-state index contributed by atoms with van der Waals surface area (Å²) >= 11 is 12.0. The molecule has 9 nitrogen and oxygen atoms in total. The predicted molar refractivity (Wildman–Crippen MR) is 113 cm³/mol. The number of nitrogens with one attached hydrogen (secondary N) is 2. The lowest BCUT2D eigenvalue weighted by Gasteiger charge is -2.34. The molecule has 3 aromatic rings. The first-order valence-corrected chi connectivity index (χ1v) is 10.1. The van der Waals surface area contributed by atoms with Gasteiger partial charge in [-0.3, -0.25) is 10.2 Å². The minimum absolute atomic E-state index is 0.217. The van der Waals surface area contributed by atoms with Gasteiger partial charge in [-0.15, -0.1) is 0 Å². The normalized spacial score (nSPS) is 14.5. The summed E-state index contributed by atoms with van der Waals surface area (Å²) in [4.78, 5) is 16.3. The van der Waals surface area contributed by atoms with Crippen molar-refractivity contribution in [1.29, 1.82) is 0 Å². The summed E-state index contributed by atoms with van der Waals surface area (Å²) in [5.74, 6) is 1.59. The van der Waals surface area contributed by atoms with Crippen molar-refractivity contribution in [2.24, 2.45) is 0 Å². The number of carbonyl (C=O) groups is 1. The number of rotatable bonds is 5. The van der Waals surface area contributed by atoms with Crippen molar-refractivity contribution in [1.82, 2.24) is 30.4 Å². The fraction of sp³-hybridized carbons (Fsp3) is 0.263. The number of aromatic nitrogens is 4. The van der Waals surface area contributed by atoms with E-state index in [9.17, 15) is 4.79 Å². The van der Waals surface area contributed by atoms with Crippen LogP contribution in [0.25, 0.3) is 0 Å². The molecule has 0 radical (unpaired) electrons. The Morgan fingerprint density at radius 3 is 2.60 bits per heavy atom. The molecule has 30 heavy (non-hydrogen) atoms. The molecule has 1 fully saturated rings. The van der Waals surface area contributed by atoms with Gasteiger partial charge in [0.25, 0.3) is 0 Å². The van der Waals surface area contributed by atoms with Crippen LogP contribution >= 0.6 is 23.2 Å². The first-order valence-electron chi connectivity index (χ1n) is 9.31. The van der Waals surface area contributed by atoms with Gasteiger partial charge < -0.3 is 9.64 Å². The molecular formula is C19H19Cl2N7O2. The minimum atomic E-state index is -0.217. The summed E-state index contributed by atoms with van der Waals surface area (Å²) in [5, 5.41) is 16.6. The quantitative estimate of drug-likeness (QED) is 0.618. The van der Waals surface area contributed by atoms with Crippen LogP contribution in [0.1, 0.15) is 5.56 Å². The molecule has 2 N–H and O–H groups in total. The Kier molecular flexibility index (Phi) is 6.32. The molecular weight excluding hydrogens is 429 g/mol. The van der Waals surface area contributed by atoms with Gasteiger partial charge in [0.1, 0.15) is 11.5 Å². The van der Waals surface area contributed by atoms with Crippen molar-refractivity contribution in [3.05, 3.63) is 58.1 Å². The Morgan fingerprint density at radius 1 is 1.07 bits per heavy atom. The van der Waals surface area contributed by atoms with Gasteiger partial charge in [0.2, 0.25) is 5.95 Å². The van der Waals surface area contributed by atoms with E-state index in [4.69, 9.17) is 27.9 Å². The molecule has 0 saturated carbocycles. The standard InChI is InChI=1S/C19H19Cl2N7O2/c20-16-5-4-15(11-17(16)21)30-14-3-1-2-13(10-14)12-27-6-8-28(9-7-27)19(29)22-18-23-25-26-24-18/h1-5,10-11H,6-9,12H2,(H2,22,23,24,25,26,29). The van der Waals surface area contributed by atoms with E-state index in [1.807, 2.05) is 18.2 Å². The van der Waals surface area contributed by atoms with Crippen LogP contribution in [0.5, 0.6) is 11.5 Å².